The highest BCUT2D eigenvalue weighted by molar-refractivity contribution is 5.93. The zero-order valence-electron chi connectivity index (χ0n) is 13.2. The van der Waals surface area contributed by atoms with Crippen LogP contribution >= 0.6 is 0 Å². The number of carbonyl (C=O) groups is 2. The molecule has 0 aliphatic carbocycles. The van der Waals surface area contributed by atoms with E-state index in [9.17, 15) is 9.59 Å². The Hall–Kier alpha value is -2.08. The van der Waals surface area contributed by atoms with Crippen LogP contribution in [0.15, 0.2) is 24.3 Å². The predicted molar refractivity (Wildman–Crippen MR) is 82.9 cm³/mol. The van der Waals surface area contributed by atoms with Crippen molar-refractivity contribution in [3.05, 3.63) is 24.3 Å². The number of hydrogen-bond donors (Lipinski definition) is 2. The van der Waals surface area contributed by atoms with E-state index in [2.05, 4.69) is 10.6 Å². The second kappa shape index (κ2) is 7.08. The molecule has 0 unspecified atom stereocenters. The van der Waals surface area contributed by atoms with Crippen molar-refractivity contribution in [1.82, 2.24) is 5.06 Å². The Labute approximate surface area is 125 Å². The van der Waals surface area contributed by atoms with Crippen LogP contribution in [0.1, 0.15) is 27.2 Å². The van der Waals surface area contributed by atoms with Gasteiger partial charge in [-0.3, -0.25) is 9.63 Å². The fourth-order valence-corrected chi connectivity index (χ4v) is 1.65. The Morgan fingerprint density at radius 3 is 2.29 bits per heavy atom. The van der Waals surface area contributed by atoms with Crippen molar-refractivity contribution >= 4 is 23.3 Å². The molecule has 0 aliphatic rings. The largest absolute Gasteiger partial charge is 0.345 e. The summed E-state index contributed by atoms with van der Waals surface area (Å²) in [4.78, 5) is 28.3. The molecule has 0 saturated heterocycles. The third-order valence-electron chi connectivity index (χ3n) is 2.65. The van der Waals surface area contributed by atoms with E-state index in [1.807, 2.05) is 20.8 Å². The number of hydrogen-bond acceptors (Lipinski definition) is 3. The van der Waals surface area contributed by atoms with Crippen molar-refractivity contribution in [3.63, 3.8) is 0 Å². The van der Waals surface area contributed by atoms with Crippen LogP contribution in [0.5, 0.6) is 0 Å². The van der Waals surface area contributed by atoms with E-state index in [0.717, 1.165) is 5.06 Å². The zero-order valence-corrected chi connectivity index (χ0v) is 13.2. The molecule has 0 fully saturated rings. The van der Waals surface area contributed by atoms with E-state index >= 15 is 0 Å². The average Bonchev–Trinajstić information content (AvgIpc) is 2.35. The van der Waals surface area contributed by atoms with Gasteiger partial charge in [-0.2, -0.15) is 0 Å². The maximum Gasteiger partial charge on any atom is 0.345 e. The van der Waals surface area contributed by atoms with Gasteiger partial charge in [0.2, 0.25) is 5.91 Å². The van der Waals surface area contributed by atoms with Gasteiger partial charge < -0.3 is 10.6 Å². The first-order chi connectivity index (χ1) is 9.71. The molecule has 0 aromatic heterocycles. The van der Waals surface area contributed by atoms with Crippen molar-refractivity contribution in [2.24, 2.45) is 5.41 Å². The van der Waals surface area contributed by atoms with Gasteiger partial charge in [0.05, 0.1) is 7.11 Å². The van der Waals surface area contributed by atoms with Gasteiger partial charge in [-0.1, -0.05) is 26.8 Å². The Morgan fingerprint density at radius 2 is 1.76 bits per heavy atom. The van der Waals surface area contributed by atoms with Crippen LogP contribution in [-0.2, 0) is 9.63 Å². The summed E-state index contributed by atoms with van der Waals surface area (Å²) >= 11 is 0. The highest BCUT2D eigenvalue weighted by Crippen LogP contribution is 2.21. The number of urea groups is 1. The Morgan fingerprint density at radius 1 is 1.19 bits per heavy atom. The molecule has 6 nitrogen and oxygen atoms in total. The monoisotopic (exact) mass is 293 g/mol. The number of nitrogens with zero attached hydrogens (tertiary/aromatic N) is 1. The number of hydroxylamine groups is 2. The van der Waals surface area contributed by atoms with Gasteiger partial charge in [0.1, 0.15) is 0 Å². The summed E-state index contributed by atoms with van der Waals surface area (Å²) in [5.74, 6) is -0.0556. The molecule has 6 heteroatoms. The summed E-state index contributed by atoms with van der Waals surface area (Å²) in [6.07, 6.45) is 0.427. The molecule has 3 amide bonds. The SMILES string of the molecule is CON(C)C(=O)Nc1cccc(NC(=O)CC(C)(C)C)c1. The fraction of sp³-hybridized carbons (Fsp3) is 0.467. The Balaban J connectivity index is 2.68. The normalized spacial score (nSPS) is 10.9. The quantitative estimate of drug-likeness (QED) is 0.838. The van der Waals surface area contributed by atoms with Gasteiger partial charge in [-0.25, -0.2) is 9.86 Å². The predicted octanol–water partition coefficient (Wildman–Crippen LogP) is 3.09. The van der Waals surface area contributed by atoms with Crippen LogP contribution in [0.2, 0.25) is 0 Å². The Kier molecular flexibility index (Phi) is 5.72. The number of anilines is 2. The molecule has 1 aromatic rings. The first-order valence-corrected chi connectivity index (χ1v) is 6.70. The molecule has 2 N–H and O–H groups in total. The highest BCUT2D eigenvalue weighted by atomic mass is 16.7. The van der Waals surface area contributed by atoms with Gasteiger partial charge >= 0.3 is 6.03 Å². The van der Waals surface area contributed by atoms with Crippen molar-refractivity contribution in [2.45, 2.75) is 27.2 Å². The number of rotatable bonds is 4. The number of nitrogens with one attached hydrogen (secondary N) is 2. The molecule has 0 radical (unpaired) electrons. The minimum Gasteiger partial charge on any atom is -0.326 e. The molecule has 0 atom stereocenters. The van der Waals surface area contributed by atoms with E-state index in [-0.39, 0.29) is 11.3 Å². The first-order valence-electron chi connectivity index (χ1n) is 6.70. The van der Waals surface area contributed by atoms with Gasteiger partial charge in [-0.05, 0) is 23.6 Å². The first kappa shape index (κ1) is 17.0. The van der Waals surface area contributed by atoms with E-state index in [0.29, 0.717) is 17.8 Å². The zero-order chi connectivity index (χ0) is 16.0. The lowest BCUT2D eigenvalue weighted by molar-refractivity contribution is -0.117. The maximum absolute atomic E-state index is 11.9. The molecule has 0 heterocycles. The third-order valence-corrected chi connectivity index (χ3v) is 2.65. The van der Waals surface area contributed by atoms with E-state index in [4.69, 9.17) is 4.84 Å². The van der Waals surface area contributed by atoms with Gasteiger partial charge in [0.15, 0.2) is 0 Å². The fourth-order valence-electron chi connectivity index (χ4n) is 1.65. The van der Waals surface area contributed by atoms with Crippen LogP contribution in [0, 0.1) is 5.41 Å². The van der Waals surface area contributed by atoms with Crippen LogP contribution in [-0.4, -0.2) is 31.2 Å². The van der Waals surface area contributed by atoms with Gasteiger partial charge in [0.25, 0.3) is 0 Å². The van der Waals surface area contributed by atoms with Crippen molar-refractivity contribution in [3.8, 4) is 0 Å². The lowest BCUT2D eigenvalue weighted by atomic mass is 9.92. The lowest BCUT2D eigenvalue weighted by Gasteiger charge is -2.18. The van der Waals surface area contributed by atoms with Gasteiger partial charge in [-0.15, -0.1) is 0 Å². The average molecular weight is 293 g/mol. The molecule has 21 heavy (non-hydrogen) atoms. The van der Waals surface area contributed by atoms with Gasteiger partial charge in [0, 0.05) is 24.8 Å². The summed E-state index contributed by atoms with van der Waals surface area (Å²) in [6, 6.07) is 6.57. The second-order valence-corrected chi connectivity index (χ2v) is 5.98. The number of amides is 3. The second-order valence-electron chi connectivity index (χ2n) is 5.98. The molecular formula is C15H23N3O3. The topological polar surface area (TPSA) is 70.7 Å². The molecule has 0 saturated carbocycles. The number of benzene rings is 1. The molecule has 0 aliphatic heterocycles. The summed E-state index contributed by atoms with van der Waals surface area (Å²) in [5, 5.41) is 6.56. The molecular weight excluding hydrogens is 270 g/mol. The standard InChI is InChI=1S/C15H23N3O3/c1-15(2,3)10-13(19)16-11-7-6-8-12(9-11)17-14(20)18(4)21-5/h6-9H,10H2,1-5H3,(H,16,19)(H,17,20). The summed E-state index contributed by atoms with van der Waals surface area (Å²) in [5.41, 5.74) is 1.15. The molecule has 1 rings (SSSR count). The Bertz CT molecular complexity index is 509. The smallest absolute Gasteiger partial charge is 0.326 e. The maximum atomic E-state index is 11.9. The van der Waals surface area contributed by atoms with Crippen molar-refractivity contribution in [1.29, 1.82) is 0 Å². The van der Waals surface area contributed by atoms with E-state index < -0.39 is 6.03 Å². The third kappa shape index (κ3) is 6.27. The highest BCUT2D eigenvalue weighted by Gasteiger charge is 2.16. The summed E-state index contributed by atoms with van der Waals surface area (Å²) < 4.78 is 0. The summed E-state index contributed by atoms with van der Waals surface area (Å²) in [7, 11) is 2.91. The minimum atomic E-state index is -0.393. The molecule has 0 spiro atoms. The molecule has 116 valence electrons. The molecule has 0 bridgehead atoms. The van der Waals surface area contributed by atoms with Crippen LogP contribution in [0.4, 0.5) is 16.2 Å². The summed E-state index contributed by atoms with van der Waals surface area (Å²) in [6.45, 7) is 6.01. The van der Waals surface area contributed by atoms with Crippen LogP contribution < -0.4 is 10.6 Å². The van der Waals surface area contributed by atoms with E-state index in [1.54, 1.807) is 24.3 Å². The van der Waals surface area contributed by atoms with Crippen LogP contribution in [0.25, 0.3) is 0 Å². The lowest BCUT2D eigenvalue weighted by Crippen LogP contribution is -2.30. The van der Waals surface area contributed by atoms with Crippen molar-refractivity contribution in [2.75, 3.05) is 24.8 Å². The minimum absolute atomic E-state index is 0.0556. The number of carbonyl (C=O) groups excluding carboxylic acids is 2. The molecule has 1 aromatic carbocycles. The van der Waals surface area contributed by atoms with E-state index in [1.165, 1.54) is 14.2 Å². The van der Waals surface area contributed by atoms with Crippen molar-refractivity contribution < 1.29 is 14.4 Å². The van der Waals surface area contributed by atoms with Crippen LogP contribution in [0.3, 0.4) is 0 Å².